The van der Waals surface area contributed by atoms with E-state index in [4.69, 9.17) is 20.5 Å². The lowest BCUT2D eigenvalue weighted by Crippen LogP contribution is -2.03. The molecule has 2 rings (SSSR count). The molecule has 0 amide bonds. The summed E-state index contributed by atoms with van der Waals surface area (Å²) in [6, 6.07) is 7.08. The molecule has 0 spiro atoms. The van der Waals surface area contributed by atoms with Crippen LogP contribution in [0.4, 0.5) is 0 Å². The number of halogens is 1. The minimum atomic E-state index is -3.52. The highest BCUT2D eigenvalue weighted by Gasteiger charge is 2.09. The maximum absolute atomic E-state index is 11.0. The van der Waals surface area contributed by atoms with Crippen LogP contribution in [0.1, 0.15) is 5.56 Å². The van der Waals surface area contributed by atoms with E-state index in [2.05, 4.69) is 4.98 Å². The summed E-state index contributed by atoms with van der Waals surface area (Å²) in [5.41, 5.74) is 1.21. The molecule has 0 aliphatic heterocycles. The van der Waals surface area contributed by atoms with Gasteiger partial charge in [0, 0.05) is 10.9 Å². The molecule has 1 aromatic carbocycles. The molecule has 0 aliphatic carbocycles. The predicted molar refractivity (Wildman–Crippen MR) is 72.9 cm³/mol. The Hall–Kier alpha value is -1.37. The van der Waals surface area contributed by atoms with Crippen LogP contribution >= 0.6 is 11.6 Å². The molecule has 0 saturated heterocycles. The largest absolute Gasteiger partial charge is 0.497 e. The molecule has 0 saturated carbocycles. The second kappa shape index (κ2) is 5.32. The zero-order valence-corrected chi connectivity index (χ0v) is 12.0. The highest BCUT2D eigenvalue weighted by atomic mass is 35.5. The molecule has 0 aliphatic rings. The van der Waals surface area contributed by atoms with Crippen molar-refractivity contribution >= 4 is 32.6 Å². The van der Waals surface area contributed by atoms with E-state index in [0.717, 1.165) is 11.6 Å². The van der Waals surface area contributed by atoms with Gasteiger partial charge in [-0.05, 0) is 24.3 Å². The van der Waals surface area contributed by atoms with Crippen LogP contribution in [0.5, 0.6) is 5.75 Å². The molecular weight excluding hydrogens is 290 g/mol. The summed E-state index contributed by atoms with van der Waals surface area (Å²) in [5, 5.41) is 1.03. The van der Waals surface area contributed by atoms with Gasteiger partial charge < -0.3 is 4.74 Å². The number of rotatable bonds is 4. The predicted octanol–water partition coefficient (Wildman–Crippen LogP) is 2.37. The van der Waals surface area contributed by atoms with Gasteiger partial charge in [-0.1, -0.05) is 11.6 Å². The lowest BCUT2D eigenvalue weighted by molar-refractivity contribution is 0.311. The zero-order valence-electron chi connectivity index (χ0n) is 10.4. The Morgan fingerprint density at radius 3 is 2.68 bits per heavy atom. The summed E-state index contributed by atoms with van der Waals surface area (Å²) in [7, 11) is -1.95. The SMILES string of the molecule is COc1ccc2nc(Cl)c(COS(C)(=O)=O)cc2c1. The summed E-state index contributed by atoms with van der Waals surface area (Å²) in [6.07, 6.45) is 0.985. The number of benzene rings is 1. The van der Waals surface area contributed by atoms with Gasteiger partial charge in [0.1, 0.15) is 10.9 Å². The third kappa shape index (κ3) is 3.56. The molecule has 5 nitrogen and oxygen atoms in total. The number of hydrogen-bond donors (Lipinski definition) is 0. The average molecular weight is 302 g/mol. The Kier molecular flexibility index (Phi) is 3.93. The first-order chi connectivity index (χ1) is 8.89. The van der Waals surface area contributed by atoms with Crippen molar-refractivity contribution in [1.82, 2.24) is 4.98 Å². The number of methoxy groups -OCH3 is 1. The molecule has 0 unspecified atom stereocenters. The first kappa shape index (κ1) is 14.0. The van der Waals surface area contributed by atoms with Crippen molar-refractivity contribution in [3.05, 3.63) is 35.0 Å². The van der Waals surface area contributed by atoms with Crippen molar-refractivity contribution in [3.63, 3.8) is 0 Å². The van der Waals surface area contributed by atoms with Crippen LogP contribution in [0.15, 0.2) is 24.3 Å². The Morgan fingerprint density at radius 2 is 2.05 bits per heavy atom. The van der Waals surface area contributed by atoms with Gasteiger partial charge in [-0.15, -0.1) is 0 Å². The van der Waals surface area contributed by atoms with Crippen molar-refractivity contribution in [2.24, 2.45) is 0 Å². The van der Waals surface area contributed by atoms with Crippen molar-refractivity contribution in [1.29, 1.82) is 0 Å². The van der Waals surface area contributed by atoms with Gasteiger partial charge in [0.2, 0.25) is 0 Å². The van der Waals surface area contributed by atoms with E-state index < -0.39 is 10.1 Å². The summed E-state index contributed by atoms with van der Waals surface area (Å²) >= 11 is 5.99. The van der Waals surface area contributed by atoms with Crippen LogP contribution < -0.4 is 4.74 Å². The molecule has 0 atom stereocenters. The van der Waals surface area contributed by atoms with Gasteiger partial charge in [0.25, 0.3) is 10.1 Å². The molecule has 2 aromatic rings. The maximum atomic E-state index is 11.0. The second-order valence-electron chi connectivity index (χ2n) is 3.96. The zero-order chi connectivity index (χ0) is 14.0. The number of aromatic nitrogens is 1. The van der Waals surface area contributed by atoms with Crippen molar-refractivity contribution in [3.8, 4) is 5.75 Å². The quantitative estimate of drug-likeness (QED) is 0.641. The molecule has 1 aromatic heterocycles. The molecule has 0 fully saturated rings. The molecule has 0 bridgehead atoms. The van der Waals surface area contributed by atoms with Crippen LogP contribution in [0.25, 0.3) is 10.9 Å². The van der Waals surface area contributed by atoms with E-state index >= 15 is 0 Å². The third-order valence-electron chi connectivity index (χ3n) is 2.48. The summed E-state index contributed by atoms with van der Waals surface area (Å²) in [6.45, 7) is -0.141. The van der Waals surface area contributed by atoms with Gasteiger partial charge in [0.15, 0.2) is 0 Å². The van der Waals surface area contributed by atoms with Crippen molar-refractivity contribution < 1.29 is 17.3 Å². The highest BCUT2D eigenvalue weighted by molar-refractivity contribution is 7.85. The highest BCUT2D eigenvalue weighted by Crippen LogP contribution is 2.25. The summed E-state index contributed by atoms with van der Waals surface area (Å²) in [5.74, 6) is 0.687. The van der Waals surface area contributed by atoms with E-state index in [9.17, 15) is 8.42 Å². The molecule has 0 radical (unpaired) electrons. The first-order valence-corrected chi connectivity index (χ1v) is 7.56. The molecule has 1 heterocycles. The van der Waals surface area contributed by atoms with Crippen LogP contribution in [0.3, 0.4) is 0 Å². The summed E-state index contributed by atoms with van der Waals surface area (Å²) in [4.78, 5) is 4.19. The minimum absolute atomic E-state index is 0.141. The van der Waals surface area contributed by atoms with Gasteiger partial charge in [0.05, 0.1) is 25.5 Å². The van der Waals surface area contributed by atoms with Gasteiger partial charge in [-0.3, -0.25) is 4.18 Å². The lowest BCUT2D eigenvalue weighted by Gasteiger charge is -2.07. The van der Waals surface area contributed by atoms with Crippen LogP contribution in [-0.4, -0.2) is 26.8 Å². The number of nitrogens with zero attached hydrogens (tertiary/aromatic N) is 1. The Bertz CT molecular complexity index is 715. The molecule has 7 heteroatoms. The standard InChI is InChI=1S/C12H12ClNO4S/c1-17-10-3-4-11-8(6-10)5-9(12(13)14-11)7-18-19(2,15)16/h3-6H,7H2,1-2H3. The fourth-order valence-corrected chi connectivity index (χ4v) is 2.11. The molecular formula is C12H12ClNO4S. The van der Waals surface area contributed by atoms with Gasteiger partial charge in [-0.25, -0.2) is 4.98 Å². The first-order valence-electron chi connectivity index (χ1n) is 5.36. The minimum Gasteiger partial charge on any atom is -0.497 e. The summed E-state index contributed by atoms with van der Waals surface area (Å²) < 4.78 is 31.8. The maximum Gasteiger partial charge on any atom is 0.264 e. The molecule has 19 heavy (non-hydrogen) atoms. The normalized spacial score (nSPS) is 11.7. The van der Waals surface area contributed by atoms with Crippen LogP contribution in [0.2, 0.25) is 5.15 Å². The second-order valence-corrected chi connectivity index (χ2v) is 5.97. The van der Waals surface area contributed by atoms with E-state index in [-0.39, 0.29) is 11.8 Å². The van der Waals surface area contributed by atoms with Crippen molar-refractivity contribution in [2.75, 3.05) is 13.4 Å². The number of pyridine rings is 1. The van der Waals surface area contributed by atoms with E-state index in [1.54, 1.807) is 31.4 Å². The monoisotopic (exact) mass is 301 g/mol. The molecule has 102 valence electrons. The van der Waals surface area contributed by atoms with Gasteiger partial charge >= 0.3 is 0 Å². The fourth-order valence-electron chi connectivity index (χ4n) is 1.57. The Balaban J connectivity index is 2.41. The Labute approximate surface area is 116 Å². The van der Waals surface area contributed by atoms with Gasteiger partial charge in [-0.2, -0.15) is 8.42 Å². The van der Waals surface area contributed by atoms with E-state index in [0.29, 0.717) is 16.8 Å². The van der Waals surface area contributed by atoms with E-state index in [1.807, 2.05) is 0 Å². The van der Waals surface area contributed by atoms with Crippen LogP contribution in [0, 0.1) is 0 Å². The topological polar surface area (TPSA) is 65.5 Å². The molecule has 0 N–H and O–H groups in total. The number of fused-ring (bicyclic) bond motifs is 1. The lowest BCUT2D eigenvalue weighted by atomic mass is 10.1. The smallest absolute Gasteiger partial charge is 0.264 e. The third-order valence-corrected chi connectivity index (χ3v) is 3.35. The number of hydrogen-bond acceptors (Lipinski definition) is 5. The Morgan fingerprint density at radius 1 is 1.32 bits per heavy atom. The van der Waals surface area contributed by atoms with Crippen LogP contribution in [-0.2, 0) is 20.9 Å². The average Bonchev–Trinajstić information content (AvgIpc) is 2.34. The number of ether oxygens (including phenoxy) is 1. The van der Waals surface area contributed by atoms with E-state index in [1.165, 1.54) is 0 Å². The van der Waals surface area contributed by atoms with Crippen molar-refractivity contribution in [2.45, 2.75) is 6.61 Å². The fraction of sp³-hybridized carbons (Fsp3) is 0.250.